The zero-order valence-corrected chi connectivity index (χ0v) is 19.6. The van der Waals surface area contributed by atoms with Crippen molar-refractivity contribution in [3.8, 4) is 0 Å². The van der Waals surface area contributed by atoms with Gasteiger partial charge >= 0.3 is 0 Å². The van der Waals surface area contributed by atoms with Gasteiger partial charge in [-0.15, -0.1) is 0 Å². The van der Waals surface area contributed by atoms with Crippen LogP contribution < -0.4 is 5.32 Å². The van der Waals surface area contributed by atoms with Crippen LogP contribution in [0.2, 0.25) is 0 Å². The van der Waals surface area contributed by atoms with Crippen LogP contribution in [0.1, 0.15) is 70.6 Å². The van der Waals surface area contributed by atoms with Crippen LogP contribution in [0.3, 0.4) is 0 Å². The molecule has 1 N–H and O–H groups in total. The number of aryl methyl sites for hydroxylation is 1. The topological polar surface area (TPSA) is 78.9 Å². The van der Waals surface area contributed by atoms with Crippen molar-refractivity contribution in [2.24, 2.45) is 23.7 Å². The van der Waals surface area contributed by atoms with Gasteiger partial charge < -0.3 is 14.8 Å². The molecular weight excluding hydrogens is 408 g/mol. The molecule has 4 saturated heterocycles. The predicted molar refractivity (Wildman–Crippen MR) is 117 cm³/mol. The zero-order chi connectivity index (χ0) is 22.5. The minimum absolute atomic E-state index is 0.0369. The SMILES string of the molecule is Cc1cc(CNC(=O)CC[C@H]2O[C@@H]3O[C@]4(C)CC[C@H]5[C@H](C)CC[C@@H]([C@H]2C)[C@@]35OO4)ccn1. The van der Waals surface area contributed by atoms with Crippen molar-refractivity contribution >= 4 is 5.91 Å². The van der Waals surface area contributed by atoms with Crippen molar-refractivity contribution in [2.75, 3.05) is 0 Å². The first kappa shape index (κ1) is 22.3. The summed E-state index contributed by atoms with van der Waals surface area (Å²) in [6.07, 6.45) is 6.51. The molecule has 1 saturated carbocycles. The summed E-state index contributed by atoms with van der Waals surface area (Å²) in [5, 5.41) is 3.03. The Morgan fingerprint density at radius 1 is 1.22 bits per heavy atom. The number of carbonyl (C=O) groups excluding carboxylic acids is 1. The van der Waals surface area contributed by atoms with E-state index >= 15 is 0 Å². The average molecular weight is 445 g/mol. The molecule has 6 rings (SSSR count). The third-order valence-corrected chi connectivity index (χ3v) is 8.40. The van der Waals surface area contributed by atoms with Crippen molar-refractivity contribution in [3.05, 3.63) is 29.6 Å². The van der Waals surface area contributed by atoms with Gasteiger partial charge in [0.15, 0.2) is 11.9 Å². The minimum atomic E-state index is -0.761. The summed E-state index contributed by atoms with van der Waals surface area (Å²) in [7, 11) is 0. The van der Waals surface area contributed by atoms with Crippen molar-refractivity contribution < 1.29 is 24.0 Å². The highest BCUT2D eigenvalue weighted by atomic mass is 17.3. The van der Waals surface area contributed by atoms with Gasteiger partial charge in [-0.3, -0.25) is 9.78 Å². The molecule has 8 atom stereocenters. The van der Waals surface area contributed by atoms with Crippen LogP contribution in [0, 0.1) is 30.6 Å². The molecule has 5 fully saturated rings. The Balaban J connectivity index is 1.25. The highest BCUT2D eigenvalue weighted by Crippen LogP contribution is 2.60. The smallest absolute Gasteiger partial charge is 0.220 e. The van der Waals surface area contributed by atoms with Gasteiger partial charge in [-0.2, -0.15) is 0 Å². The molecule has 32 heavy (non-hydrogen) atoms. The van der Waals surface area contributed by atoms with E-state index < -0.39 is 17.7 Å². The maximum Gasteiger partial charge on any atom is 0.220 e. The van der Waals surface area contributed by atoms with E-state index in [1.807, 2.05) is 26.0 Å². The Bertz CT molecular complexity index is 864. The first-order valence-electron chi connectivity index (χ1n) is 12.2. The van der Waals surface area contributed by atoms with E-state index in [1.165, 1.54) is 6.42 Å². The number of fused-ring (bicyclic) bond motifs is 2. The average Bonchev–Trinajstić information content (AvgIpc) is 3.00. The molecular formula is C25H36N2O5. The lowest BCUT2D eigenvalue weighted by atomic mass is 9.57. The summed E-state index contributed by atoms with van der Waals surface area (Å²) >= 11 is 0. The maximum absolute atomic E-state index is 12.6. The van der Waals surface area contributed by atoms with Gasteiger partial charge in [-0.1, -0.05) is 13.8 Å². The van der Waals surface area contributed by atoms with Crippen LogP contribution in [-0.2, 0) is 30.6 Å². The lowest BCUT2D eigenvalue weighted by molar-refractivity contribution is -0.571. The molecule has 176 valence electrons. The molecule has 0 aromatic carbocycles. The lowest BCUT2D eigenvalue weighted by Crippen LogP contribution is -2.70. The summed E-state index contributed by atoms with van der Waals surface area (Å²) in [6.45, 7) is 8.98. The second kappa shape index (κ2) is 8.35. The number of aromatic nitrogens is 1. The molecule has 1 aliphatic carbocycles. The second-order valence-electron chi connectivity index (χ2n) is 10.6. The number of nitrogens with one attached hydrogen (secondary N) is 1. The van der Waals surface area contributed by atoms with Gasteiger partial charge in [0.05, 0.1) is 6.10 Å². The van der Waals surface area contributed by atoms with E-state index in [4.69, 9.17) is 19.2 Å². The Hall–Kier alpha value is -1.54. The fourth-order valence-electron chi connectivity index (χ4n) is 6.59. The molecule has 1 amide bonds. The molecule has 7 heteroatoms. The summed E-state index contributed by atoms with van der Waals surface area (Å²) in [6, 6.07) is 3.92. The van der Waals surface area contributed by atoms with E-state index in [0.29, 0.717) is 37.1 Å². The number of hydrogen-bond donors (Lipinski definition) is 1. The molecule has 7 nitrogen and oxygen atoms in total. The standard InChI is InChI=1S/C25H36N2O5/c1-15-5-6-20-17(3)21(7-8-22(28)27-14-18-10-12-26-16(2)13-18)29-23-25(20)19(15)9-11-24(4,30-23)31-32-25/h10,12-13,15,17,19-21,23H,5-9,11,14H2,1-4H3,(H,27,28)/t15-,17-,19+,20+,21-,23-,24+,25-/m1/s1. The Kier molecular flexibility index (Phi) is 5.81. The molecule has 5 aliphatic rings. The Morgan fingerprint density at radius 3 is 2.88 bits per heavy atom. The molecule has 0 unspecified atom stereocenters. The van der Waals surface area contributed by atoms with Gasteiger partial charge in [-0.05, 0) is 75.0 Å². The van der Waals surface area contributed by atoms with E-state index in [1.54, 1.807) is 6.20 Å². The molecule has 5 heterocycles. The van der Waals surface area contributed by atoms with Crippen LogP contribution in [0.15, 0.2) is 18.3 Å². The van der Waals surface area contributed by atoms with Gasteiger partial charge in [0.2, 0.25) is 11.7 Å². The van der Waals surface area contributed by atoms with Gasteiger partial charge in [0, 0.05) is 37.2 Å². The molecule has 1 aromatic rings. The van der Waals surface area contributed by atoms with E-state index in [0.717, 1.165) is 30.5 Å². The molecule has 2 bridgehead atoms. The number of rotatable bonds is 5. The van der Waals surface area contributed by atoms with Crippen molar-refractivity contribution in [1.29, 1.82) is 0 Å². The quantitative estimate of drug-likeness (QED) is 0.691. The molecule has 0 radical (unpaired) electrons. The largest absolute Gasteiger partial charge is 0.352 e. The Labute approximate surface area is 190 Å². The summed E-state index contributed by atoms with van der Waals surface area (Å²) in [5.74, 6) is 0.774. The first-order chi connectivity index (χ1) is 15.3. The van der Waals surface area contributed by atoms with Crippen molar-refractivity contribution in [1.82, 2.24) is 10.3 Å². The highest BCUT2D eigenvalue weighted by Gasteiger charge is 2.69. The number of amides is 1. The zero-order valence-electron chi connectivity index (χ0n) is 19.6. The van der Waals surface area contributed by atoms with Gasteiger partial charge in [-0.25, -0.2) is 9.78 Å². The fraction of sp³-hybridized carbons (Fsp3) is 0.760. The van der Waals surface area contributed by atoms with Gasteiger partial charge in [0.1, 0.15) is 0 Å². The lowest BCUT2D eigenvalue weighted by Gasteiger charge is -2.60. The van der Waals surface area contributed by atoms with E-state index in [-0.39, 0.29) is 17.9 Å². The number of nitrogens with zero attached hydrogens (tertiary/aromatic N) is 1. The number of pyridine rings is 1. The predicted octanol–water partition coefficient (Wildman–Crippen LogP) is 4.04. The maximum atomic E-state index is 12.6. The van der Waals surface area contributed by atoms with E-state index in [2.05, 4.69) is 24.1 Å². The monoisotopic (exact) mass is 444 g/mol. The van der Waals surface area contributed by atoms with Crippen LogP contribution in [-0.4, -0.2) is 34.7 Å². The minimum Gasteiger partial charge on any atom is -0.352 e. The fourth-order valence-corrected chi connectivity index (χ4v) is 6.59. The normalized spacial score (nSPS) is 42.8. The van der Waals surface area contributed by atoms with Crippen LogP contribution >= 0.6 is 0 Å². The molecule has 4 aliphatic heterocycles. The first-order valence-corrected chi connectivity index (χ1v) is 12.2. The summed E-state index contributed by atoms with van der Waals surface area (Å²) in [4.78, 5) is 28.8. The van der Waals surface area contributed by atoms with Crippen molar-refractivity contribution in [2.45, 2.75) is 96.5 Å². The molecule has 1 aromatic heterocycles. The molecule has 1 spiro atoms. The third-order valence-electron chi connectivity index (χ3n) is 8.40. The number of carbonyl (C=O) groups is 1. The van der Waals surface area contributed by atoms with Gasteiger partial charge in [0.25, 0.3) is 0 Å². The van der Waals surface area contributed by atoms with E-state index in [9.17, 15) is 4.79 Å². The second-order valence-corrected chi connectivity index (χ2v) is 10.6. The van der Waals surface area contributed by atoms with Crippen LogP contribution in [0.5, 0.6) is 0 Å². The Morgan fingerprint density at radius 2 is 2.06 bits per heavy atom. The van der Waals surface area contributed by atoms with Crippen LogP contribution in [0.4, 0.5) is 0 Å². The summed E-state index contributed by atoms with van der Waals surface area (Å²) in [5.41, 5.74) is 1.48. The highest BCUT2D eigenvalue weighted by molar-refractivity contribution is 5.75. The number of hydrogen-bond acceptors (Lipinski definition) is 6. The summed E-state index contributed by atoms with van der Waals surface area (Å²) < 4.78 is 13.0. The number of ether oxygens (including phenoxy) is 2. The van der Waals surface area contributed by atoms with Crippen LogP contribution in [0.25, 0.3) is 0 Å². The van der Waals surface area contributed by atoms with Crippen molar-refractivity contribution in [3.63, 3.8) is 0 Å². The third kappa shape index (κ3) is 3.77.